The Balaban J connectivity index is 1.56. The number of hydrazone groups is 2. The molecular weight excluding hydrogens is 481 g/mol. The molecule has 36 heavy (non-hydrogen) atoms. The van der Waals surface area contributed by atoms with Gasteiger partial charge in [0.25, 0.3) is 0 Å². The summed E-state index contributed by atoms with van der Waals surface area (Å²) in [5.74, 6) is -0.840. The maximum Gasteiger partial charge on any atom is 0.511 e. The number of phenolic OH excluding ortho intramolecular Hbond substituents is 1. The highest BCUT2D eigenvalue weighted by Crippen LogP contribution is 2.37. The molecule has 0 bridgehead atoms. The Morgan fingerprint density at radius 1 is 1.08 bits per heavy atom. The van der Waals surface area contributed by atoms with E-state index in [1.165, 1.54) is 25.1 Å². The van der Waals surface area contributed by atoms with Crippen molar-refractivity contribution in [1.29, 1.82) is 0 Å². The van der Waals surface area contributed by atoms with Crippen molar-refractivity contribution in [2.24, 2.45) is 10.2 Å². The number of ether oxygens (including phenoxy) is 1. The number of halogens is 3. The van der Waals surface area contributed by atoms with Crippen molar-refractivity contribution in [1.82, 2.24) is 0 Å². The third kappa shape index (κ3) is 4.97. The standard InChI is InChI=1S/C24H17F3N4O5/c1-13-20(22(33)31(30-13)16-10-8-15(9-11-16)24(25,26)27)29-28-19-7-3-6-18(21(19)32)14-4-2-5-17(12-14)36-23(34)35/h2-12,28,32H,1H3,(H,34,35). The number of para-hydroxylation sites is 1. The molecule has 3 aromatic rings. The normalized spacial score (nSPS) is 14.7. The number of alkyl halides is 3. The van der Waals surface area contributed by atoms with Crippen molar-refractivity contribution in [3.05, 3.63) is 72.3 Å². The Kier molecular flexibility index (Phi) is 6.34. The molecule has 3 N–H and O–H groups in total. The van der Waals surface area contributed by atoms with Gasteiger partial charge in [0.15, 0.2) is 5.71 Å². The predicted molar refractivity (Wildman–Crippen MR) is 125 cm³/mol. The van der Waals surface area contributed by atoms with E-state index in [9.17, 15) is 27.9 Å². The summed E-state index contributed by atoms with van der Waals surface area (Å²) in [7, 11) is 0. The molecule has 9 nitrogen and oxygen atoms in total. The van der Waals surface area contributed by atoms with Crippen molar-refractivity contribution in [3.8, 4) is 22.6 Å². The van der Waals surface area contributed by atoms with Crippen LogP contribution in [-0.2, 0) is 11.0 Å². The molecule has 1 aliphatic heterocycles. The Morgan fingerprint density at radius 2 is 1.78 bits per heavy atom. The van der Waals surface area contributed by atoms with E-state index in [4.69, 9.17) is 5.11 Å². The zero-order valence-electron chi connectivity index (χ0n) is 18.4. The first kappa shape index (κ1) is 24.3. The van der Waals surface area contributed by atoms with E-state index in [1.807, 2.05) is 0 Å². The molecule has 184 valence electrons. The summed E-state index contributed by atoms with van der Waals surface area (Å²) in [4.78, 5) is 23.6. The fraction of sp³-hybridized carbons (Fsp3) is 0.0833. The van der Waals surface area contributed by atoms with Gasteiger partial charge in [-0.3, -0.25) is 10.2 Å². The van der Waals surface area contributed by atoms with Gasteiger partial charge in [0, 0.05) is 5.56 Å². The molecule has 0 aromatic heterocycles. The molecule has 0 fully saturated rings. The molecule has 1 heterocycles. The zero-order valence-corrected chi connectivity index (χ0v) is 18.4. The summed E-state index contributed by atoms with van der Waals surface area (Å²) in [5.41, 5.74) is 2.93. The third-order valence-electron chi connectivity index (χ3n) is 5.10. The van der Waals surface area contributed by atoms with E-state index in [0.717, 1.165) is 29.3 Å². The summed E-state index contributed by atoms with van der Waals surface area (Å²) in [5, 5.41) is 28.6. The quantitative estimate of drug-likeness (QED) is 0.189. The number of anilines is 2. The monoisotopic (exact) mass is 498 g/mol. The van der Waals surface area contributed by atoms with Crippen LogP contribution in [0.3, 0.4) is 0 Å². The number of benzene rings is 3. The zero-order chi connectivity index (χ0) is 26.0. The van der Waals surface area contributed by atoms with Crippen molar-refractivity contribution in [2.45, 2.75) is 13.1 Å². The SMILES string of the molecule is CC1=NN(c2ccc(C(F)(F)F)cc2)C(=O)C1=NNc1cccc(-c2cccc(OC(=O)O)c2)c1O. The number of phenols is 1. The van der Waals surface area contributed by atoms with Crippen molar-refractivity contribution >= 4 is 34.9 Å². The number of nitrogens with one attached hydrogen (secondary N) is 1. The molecule has 0 unspecified atom stereocenters. The predicted octanol–water partition coefficient (Wildman–Crippen LogP) is 5.33. The molecule has 0 radical (unpaired) electrons. The average Bonchev–Trinajstić information content (AvgIpc) is 3.11. The smallest absolute Gasteiger partial charge is 0.505 e. The van der Waals surface area contributed by atoms with E-state index in [-0.39, 0.29) is 34.3 Å². The van der Waals surface area contributed by atoms with Crippen LogP contribution in [0.4, 0.5) is 29.3 Å². The van der Waals surface area contributed by atoms with Crippen LogP contribution in [0.2, 0.25) is 0 Å². The largest absolute Gasteiger partial charge is 0.511 e. The summed E-state index contributed by atoms with van der Waals surface area (Å²) in [6.07, 6.45) is -5.99. The third-order valence-corrected chi connectivity index (χ3v) is 5.10. The maximum absolute atomic E-state index is 12.8. The second-order valence-electron chi connectivity index (χ2n) is 7.52. The van der Waals surface area contributed by atoms with Gasteiger partial charge in [-0.1, -0.05) is 24.3 Å². The number of carboxylic acid groups (broad SMARTS) is 1. The number of carbonyl (C=O) groups is 2. The van der Waals surface area contributed by atoms with Gasteiger partial charge in [0.2, 0.25) is 0 Å². The fourth-order valence-electron chi connectivity index (χ4n) is 3.40. The van der Waals surface area contributed by atoms with Gasteiger partial charge in [-0.15, -0.1) is 0 Å². The fourth-order valence-corrected chi connectivity index (χ4v) is 3.40. The Labute approximate surface area is 201 Å². The minimum Gasteiger partial charge on any atom is -0.505 e. The lowest BCUT2D eigenvalue weighted by Gasteiger charge is -2.13. The summed E-state index contributed by atoms with van der Waals surface area (Å²) < 4.78 is 43.1. The molecule has 4 rings (SSSR count). The molecule has 0 aliphatic carbocycles. The van der Waals surface area contributed by atoms with Gasteiger partial charge in [0.1, 0.15) is 11.5 Å². The molecular formula is C24H17F3N4O5. The molecule has 1 amide bonds. The van der Waals surface area contributed by atoms with Gasteiger partial charge in [-0.2, -0.15) is 28.4 Å². The molecule has 0 atom stereocenters. The van der Waals surface area contributed by atoms with Gasteiger partial charge in [-0.05, 0) is 55.0 Å². The van der Waals surface area contributed by atoms with E-state index >= 15 is 0 Å². The Bertz CT molecular complexity index is 1400. The highest BCUT2D eigenvalue weighted by molar-refractivity contribution is 6.71. The molecule has 3 aromatic carbocycles. The number of rotatable bonds is 5. The summed E-state index contributed by atoms with van der Waals surface area (Å²) in [6.45, 7) is 1.51. The van der Waals surface area contributed by atoms with Crippen LogP contribution in [0, 0.1) is 0 Å². The second-order valence-corrected chi connectivity index (χ2v) is 7.52. The average molecular weight is 498 g/mol. The molecule has 0 spiro atoms. The van der Waals surface area contributed by atoms with Gasteiger partial charge in [0.05, 0.1) is 22.6 Å². The van der Waals surface area contributed by atoms with Crippen LogP contribution in [0.5, 0.6) is 11.5 Å². The van der Waals surface area contributed by atoms with Crippen molar-refractivity contribution < 1.29 is 37.7 Å². The summed E-state index contributed by atoms with van der Waals surface area (Å²) >= 11 is 0. The van der Waals surface area contributed by atoms with Crippen LogP contribution < -0.4 is 15.2 Å². The first-order valence-corrected chi connectivity index (χ1v) is 10.3. The van der Waals surface area contributed by atoms with E-state index in [0.29, 0.717) is 11.1 Å². The van der Waals surface area contributed by atoms with Crippen molar-refractivity contribution in [3.63, 3.8) is 0 Å². The van der Waals surface area contributed by atoms with E-state index in [2.05, 4.69) is 20.4 Å². The first-order chi connectivity index (χ1) is 17.0. The van der Waals surface area contributed by atoms with E-state index in [1.54, 1.807) is 24.3 Å². The van der Waals surface area contributed by atoms with Crippen LogP contribution in [0.25, 0.3) is 11.1 Å². The second kappa shape index (κ2) is 9.41. The van der Waals surface area contributed by atoms with Crippen LogP contribution >= 0.6 is 0 Å². The number of amides is 1. The van der Waals surface area contributed by atoms with Gasteiger partial charge < -0.3 is 14.9 Å². The molecule has 12 heteroatoms. The number of nitrogens with zero attached hydrogens (tertiary/aromatic N) is 3. The van der Waals surface area contributed by atoms with Crippen LogP contribution in [0.1, 0.15) is 12.5 Å². The Morgan fingerprint density at radius 3 is 2.44 bits per heavy atom. The lowest BCUT2D eigenvalue weighted by molar-refractivity contribution is -0.137. The van der Waals surface area contributed by atoms with Crippen LogP contribution in [-0.4, -0.2) is 33.7 Å². The minimum absolute atomic E-state index is 0.0600. The molecule has 1 aliphatic rings. The number of aromatic hydroxyl groups is 1. The van der Waals surface area contributed by atoms with Crippen molar-refractivity contribution in [2.75, 3.05) is 10.4 Å². The molecule has 0 saturated heterocycles. The summed E-state index contributed by atoms with van der Waals surface area (Å²) in [6, 6.07) is 14.7. The topological polar surface area (TPSA) is 124 Å². The van der Waals surface area contributed by atoms with Gasteiger partial charge >= 0.3 is 18.2 Å². The highest BCUT2D eigenvalue weighted by atomic mass is 19.4. The maximum atomic E-state index is 12.8. The Hall–Kier alpha value is -4.87. The highest BCUT2D eigenvalue weighted by Gasteiger charge is 2.33. The number of hydrogen-bond acceptors (Lipinski definition) is 7. The lowest BCUT2D eigenvalue weighted by atomic mass is 10.0. The number of hydrogen-bond donors (Lipinski definition) is 3. The lowest BCUT2D eigenvalue weighted by Crippen LogP contribution is -2.28. The number of carbonyl (C=O) groups excluding carboxylic acids is 1. The van der Waals surface area contributed by atoms with Crippen LogP contribution in [0.15, 0.2) is 76.9 Å². The minimum atomic E-state index is -4.51. The first-order valence-electron chi connectivity index (χ1n) is 10.3. The molecule has 0 saturated carbocycles. The van der Waals surface area contributed by atoms with Gasteiger partial charge in [-0.25, -0.2) is 4.79 Å². The van der Waals surface area contributed by atoms with E-state index < -0.39 is 23.8 Å².